The Morgan fingerprint density at radius 3 is 2.59 bits per heavy atom. The number of carbonyl (C=O) groups excluding carboxylic acids is 1. The zero-order chi connectivity index (χ0) is 21.0. The number of nitro groups is 1. The van der Waals surface area contributed by atoms with Gasteiger partial charge in [-0.1, -0.05) is 0 Å². The summed E-state index contributed by atoms with van der Waals surface area (Å²) in [5, 5.41) is 14.1. The highest BCUT2D eigenvalue weighted by molar-refractivity contribution is 5.92. The van der Waals surface area contributed by atoms with Crippen molar-refractivity contribution >= 4 is 17.7 Å². The van der Waals surface area contributed by atoms with Crippen molar-refractivity contribution in [3.8, 4) is 23.0 Å². The minimum absolute atomic E-state index is 0.0000269. The SMILES string of the molecule is COc1ccc(OC)c([C@H](C)NC(=O)/C=C/c2cc3c(cc2[N+](=O)[O-])OCO3)c1. The lowest BCUT2D eigenvalue weighted by Crippen LogP contribution is -2.25. The summed E-state index contributed by atoms with van der Waals surface area (Å²) in [4.78, 5) is 23.1. The van der Waals surface area contributed by atoms with E-state index in [4.69, 9.17) is 18.9 Å². The summed E-state index contributed by atoms with van der Waals surface area (Å²) in [6.45, 7) is 1.80. The topological polar surface area (TPSA) is 109 Å². The van der Waals surface area contributed by atoms with Crippen LogP contribution in [0.5, 0.6) is 23.0 Å². The van der Waals surface area contributed by atoms with E-state index < -0.39 is 10.8 Å². The van der Waals surface area contributed by atoms with Gasteiger partial charge in [0.15, 0.2) is 11.5 Å². The van der Waals surface area contributed by atoms with Crippen LogP contribution in [-0.4, -0.2) is 31.8 Å². The van der Waals surface area contributed by atoms with Crippen molar-refractivity contribution in [3.05, 3.63) is 57.6 Å². The molecule has 0 radical (unpaired) electrons. The highest BCUT2D eigenvalue weighted by Crippen LogP contribution is 2.38. The molecule has 3 rings (SSSR count). The average Bonchev–Trinajstić information content (AvgIpc) is 3.18. The van der Waals surface area contributed by atoms with Crippen molar-refractivity contribution in [3.63, 3.8) is 0 Å². The molecule has 1 aliphatic rings. The number of nitrogens with zero attached hydrogens (tertiary/aromatic N) is 1. The molecule has 0 aliphatic carbocycles. The van der Waals surface area contributed by atoms with Gasteiger partial charge < -0.3 is 24.3 Å². The minimum Gasteiger partial charge on any atom is -0.497 e. The Morgan fingerprint density at radius 2 is 1.93 bits per heavy atom. The van der Waals surface area contributed by atoms with Gasteiger partial charge in [-0.2, -0.15) is 0 Å². The number of carbonyl (C=O) groups is 1. The zero-order valence-electron chi connectivity index (χ0n) is 16.1. The lowest BCUT2D eigenvalue weighted by molar-refractivity contribution is -0.385. The Hall–Kier alpha value is -3.75. The van der Waals surface area contributed by atoms with Crippen LogP contribution in [0.4, 0.5) is 5.69 Å². The lowest BCUT2D eigenvalue weighted by Gasteiger charge is -2.17. The second-order valence-corrected chi connectivity index (χ2v) is 6.19. The normalized spacial score (nSPS) is 13.2. The van der Waals surface area contributed by atoms with E-state index in [0.29, 0.717) is 23.0 Å². The van der Waals surface area contributed by atoms with Crippen molar-refractivity contribution in [1.29, 1.82) is 0 Å². The second-order valence-electron chi connectivity index (χ2n) is 6.19. The molecule has 1 aliphatic heterocycles. The Balaban J connectivity index is 1.78. The van der Waals surface area contributed by atoms with Gasteiger partial charge in [0.1, 0.15) is 11.5 Å². The van der Waals surface area contributed by atoms with E-state index in [1.165, 1.54) is 24.3 Å². The van der Waals surface area contributed by atoms with Crippen LogP contribution in [0.3, 0.4) is 0 Å². The molecule has 0 fully saturated rings. The van der Waals surface area contributed by atoms with Gasteiger partial charge in [-0.15, -0.1) is 0 Å². The number of hydrogen-bond acceptors (Lipinski definition) is 7. The molecule has 1 N–H and O–H groups in total. The van der Waals surface area contributed by atoms with Crippen molar-refractivity contribution < 1.29 is 28.7 Å². The fourth-order valence-electron chi connectivity index (χ4n) is 2.92. The second kappa shape index (κ2) is 8.51. The molecule has 2 aromatic carbocycles. The third kappa shape index (κ3) is 4.40. The van der Waals surface area contributed by atoms with E-state index >= 15 is 0 Å². The Labute approximate surface area is 167 Å². The summed E-state index contributed by atoms with van der Waals surface area (Å²) in [7, 11) is 3.09. The van der Waals surface area contributed by atoms with Gasteiger partial charge in [-0.25, -0.2) is 0 Å². The van der Waals surface area contributed by atoms with Crippen LogP contribution in [0, 0.1) is 10.1 Å². The summed E-state index contributed by atoms with van der Waals surface area (Å²) in [6.07, 6.45) is 2.60. The number of rotatable bonds is 7. The Kier molecular flexibility index (Phi) is 5.87. The maximum absolute atomic E-state index is 12.4. The van der Waals surface area contributed by atoms with Crippen LogP contribution in [0.1, 0.15) is 24.1 Å². The lowest BCUT2D eigenvalue weighted by atomic mass is 10.1. The maximum atomic E-state index is 12.4. The molecule has 0 aromatic heterocycles. The summed E-state index contributed by atoms with van der Waals surface area (Å²) < 4.78 is 21.0. The third-order valence-corrected chi connectivity index (χ3v) is 4.39. The summed E-state index contributed by atoms with van der Waals surface area (Å²) in [5.74, 6) is 1.51. The number of nitrogens with one attached hydrogen (secondary N) is 1. The molecule has 0 saturated heterocycles. The Bertz CT molecular complexity index is 972. The van der Waals surface area contributed by atoms with E-state index in [-0.39, 0.29) is 24.1 Å². The molecule has 2 aromatic rings. The molecule has 0 bridgehead atoms. The van der Waals surface area contributed by atoms with Crippen molar-refractivity contribution in [1.82, 2.24) is 5.32 Å². The van der Waals surface area contributed by atoms with E-state index in [1.54, 1.807) is 39.3 Å². The predicted molar refractivity (Wildman–Crippen MR) is 104 cm³/mol. The van der Waals surface area contributed by atoms with Crippen LogP contribution in [-0.2, 0) is 4.79 Å². The zero-order valence-corrected chi connectivity index (χ0v) is 16.1. The van der Waals surface area contributed by atoms with Gasteiger partial charge in [0.2, 0.25) is 12.7 Å². The fourth-order valence-corrected chi connectivity index (χ4v) is 2.92. The number of methoxy groups -OCH3 is 2. The van der Waals surface area contributed by atoms with Gasteiger partial charge in [0.05, 0.1) is 36.8 Å². The number of amides is 1. The van der Waals surface area contributed by atoms with Gasteiger partial charge in [-0.3, -0.25) is 14.9 Å². The van der Waals surface area contributed by atoms with Gasteiger partial charge in [-0.05, 0) is 37.3 Å². The molecule has 0 spiro atoms. The molecule has 0 unspecified atom stereocenters. The number of nitro benzene ring substituents is 1. The number of ether oxygens (including phenoxy) is 4. The first-order chi connectivity index (χ1) is 13.9. The monoisotopic (exact) mass is 400 g/mol. The van der Waals surface area contributed by atoms with Gasteiger partial charge >= 0.3 is 0 Å². The fraction of sp³-hybridized carbons (Fsp3) is 0.250. The number of fused-ring (bicyclic) bond motifs is 1. The standard InChI is InChI=1S/C20H20N2O7/c1-12(15-9-14(26-2)5-6-17(15)27-3)21-20(23)7-4-13-8-18-19(29-11-28-18)10-16(13)22(24)25/h4-10,12H,11H2,1-3H3,(H,21,23)/b7-4+/t12-/m0/s1. The molecule has 152 valence electrons. The molecule has 1 atom stereocenters. The van der Waals surface area contributed by atoms with Crippen LogP contribution < -0.4 is 24.3 Å². The first-order valence-corrected chi connectivity index (χ1v) is 8.71. The first-order valence-electron chi connectivity index (χ1n) is 8.71. The molecule has 9 heteroatoms. The molecular formula is C20H20N2O7. The maximum Gasteiger partial charge on any atom is 0.280 e. The molecule has 1 heterocycles. The number of benzene rings is 2. The molecule has 0 saturated carbocycles. The minimum atomic E-state index is -0.538. The smallest absolute Gasteiger partial charge is 0.280 e. The first kappa shape index (κ1) is 20.0. The molecule has 1 amide bonds. The predicted octanol–water partition coefficient (Wildman–Crippen LogP) is 3.23. The Morgan fingerprint density at radius 1 is 1.21 bits per heavy atom. The van der Waals surface area contributed by atoms with Crippen molar-refractivity contribution in [2.75, 3.05) is 21.0 Å². The van der Waals surface area contributed by atoms with Crippen molar-refractivity contribution in [2.24, 2.45) is 0 Å². The van der Waals surface area contributed by atoms with Crippen LogP contribution in [0.25, 0.3) is 6.08 Å². The van der Waals surface area contributed by atoms with E-state index in [0.717, 1.165) is 5.56 Å². The third-order valence-electron chi connectivity index (χ3n) is 4.39. The molecule has 29 heavy (non-hydrogen) atoms. The van der Waals surface area contributed by atoms with E-state index in [1.807, 2.05) is 0 Å². The van der Waals surface area contributed by atoms with Gasteiger partial charge in [0, 0.05) is 11.6 Å². The van der Waals surface area contributed by atoms with Crippen LogP contribution in [0.2, 0.25) is 0 Å². The average molecular weight is 400 g/mol. The van der Waals surface area contributed by atoms with Crippen molar-refractivity contribution in [2.45, 2.75) is 13.0 Å². The molecule has 9 nitrogen and oxygen atoms in total. The highest BCUT2D eigenvalue weighted by Gasteiger charge is 2.22. The molecular weight excluding hydrogens is 380 g/mol. The summed E-state index contributed by atoms with van der Waals surface area (Å²) >= 11 is 0. The summed E-state index contributed by atoms with van der Waals surface area (Å²) in [5.41, 5.74) is 0.796. The van der Waals surface area contributed by atoms with Crippen LogP contribution >= 0.6 is 0 Å². The summed E-state index contributed by atoms with van der Waals surface area (Å²) in [6, 6.07) is 7.65. The van der Waals surface area contributed by atoms with E-state index in [2.05, 4.69) is 5.32 Å². The number of hydrogen-bond donors (Lipinski definition) is 1. The highest BCUT2D eigenvalue weighted by atomic mass is 16.7. The van der Waals surface area contributed by atoms with Gasteiger partial charge in [0.25, 0.3) is 5.69 Å². The largest absolute Gasteiger partial charge is 0.497 e. The van der Waals surface area contributed by atoms with Crippen LogP contribution in [0.15, 0.2) is 36.4 Å². The van der Waals surface area contributed by atoms with E-state index in [9.17, 15) is 14.9 Å². The quantitative estimate of drug-likeness (QED) is 0.432.